The van der Waals surface area contributed by atoms with Crippen molar-refractivity contribution >= 4 is 38.8 Å². The molecule has 4 rings (SSSR count). The summed E-state index contributed by atoms with van der Waals surface area (Å²) in [7, 11) is -4.53. The van der Waals surface area contributed by atoms with Crippen LogP contribution in [0, 0.1) is 27.7 Å². The Kier molecular flexibility index (Phi) is 11.5. The lowest BCUT2D eigenvalue weighted by Gasteiger charge is -2.27. The van der Waals surface area contributed by atoms with Crippen LogP contribution in [0.15, 0.2) is 72.8 Å². The van der Waals surface area contributed by atoms with Gasteiger partial charge in [-0.3, -0.25) is 0 Å². The van der Waals surface area contributed by atoms with E-state index in [1.807, 2.05) is 27.7 Å². The average molecular weight is 615 g/mol. The van der Waals surface area contributed by atoms with Gasteiger partial charge in [0.25, 0.3) is 0 Å². The summed E-state index contributed by atoms with van der Waals surface area (Å²) in [5.41, 5.74) is 4.47. The van der Waals surface area contributed by atoms with Crippen molar-refractivity contribution in [2.45, 2.75) is 55.4 Å². The molecule has 0 radical (unpaired) electrons. The Hall–Kier alpha value is -3.53. The Morgan fingerprint density at radius 1 is 0.395 bits per heavy atom. The molecule has 0 unspecified atom stereocenters. The third-order valence-corrected chi connectivity index (χ3v) is 13.6. The van der Waals surface area contributed by atoms with Crippen LogP contribution in [0.1, 0.15) is 49.9 Å². The molecular formula is C36H46O5Si2. The van der Waals surface area contributed by atoms with Crippen LogP contribution in [0.25, 0.3) is 0 Å². The molecule has 0 fully saturated rings. The Balaban J connectivity index is 1.92. The third-order valence-electron chi connectivity index (χ3n) is 7.53. The van der Waals surface area contributed by atoms with E-state index in [1.54, 1.807) is 0 Å². The highest BCUT2D eigenvalue weighted by atomic mass is 28.4. The molecule has 5 nitrogen and oxygen atoms in total. The maximum absolute atomic E-state index is 7.54. The maximum atomic E-state index is 7.54. The Labute approximate surface area is 261 Å². The molecule has 4 aromatic carbocycles. The molecular weight excluding hydrogens is 569 g/mol. The van der Waals surface area contributed by atoms with Gasteiger partial charge < -0.3 is 23.1 Å². The van der Waals surface area contributed by atoms with Gasteiger partial charge in [-0.15, -0.1) is 0 Å². The number of aryl methyl sites for hydroxylation is 4. The summed E-state index contributed by atoms with van der Waals surface area (Å²) in [6.07, 6.45) is 0. The summed E-state index contributed by atoms with van der Waals surface area (Å²) in [5.74, 6) is 3.61. The van der Waals surface area contributed by atoms with Gasteiger partial charge in [-0.2, -0.15) is 0 Å². The fourth-order valence-electron chi connectivity index (χ4n) is 5.20. The van der Waals surface area contributed by atoms with E-state index in [-0.39, 0.29) is 0 Å². The number of ether oxygens (including phenoxy) is 4. The molecule has 0 amide bonds. The van der Waals surface area contributed by atoms with Crippen LogP contribution in [0.4, 0.5) is 0 Å². The summed E-state index contributed by atoms with van der Waals surface area (Å²) in [6.45, 7) is 18.9. The minimum atomic E-state index is -2.26. The quantitative estimate of drug-likeness (QED) is 0.189. The van der Waals surface area contributed by atoms with Crippen molar-refractivity contribution in [3.05, 3.63) is 95.1 Å². The first-order chi connectivity index (χ1) is 20.8. The van der Waals surface area contributed by atoms with Crippen molar-refractivity contribution in [2.75, 3.05) is 26.4 Å². The zero-order valence-corrected chi connectivity index (χ0v) is 29.3. The minimum Gasteiger partial charge on any atom is -0.494 e. The van der Waals surface area contributed by atoms with E-state index in [0.29, 0.717) is 26.4 Å². The predicted octanol–water partition coefficient (Wildman–Crippen LogP) is 4.91. The summed E-state index contributed by atoms with van der Waals surface area (Å²) < 4.78 is 31.7. The molecule has 0 aliphatic heterocycles. The highest BCUT2D eigenvalue weighted by molar-refractivity contribution is 6.91. The molecule has 0 aliphatic rings. The fraction of sp³-hybridized carbons (Fsp3) is 0.333. The summed E-state index contributed by atoms with van der Waals surface area (Å²) in [6, 6.07) is 26.2. The molecule has 0 spiro atoms. The zero-order valence-electron chi connectivity index (χ0n) is 27.0. The van der Waals surface area contributed by atoms with Crippen LogP contribution in [-0.4, -0.2) is 44.5 Å². The van der Waals surface area contributed by atoms with Gasteiger partial charge in [-0.1, -0.05) is 48.5 Å². The van der Waals surface area contributed by atoms with Crippen molar-refractivity contribution in [3.63, 3.8) is 0 Å². The molecule has 4 aromatic rings. The van der Waals surface area contributed by atoms with Gasteiger partial charge in [0.15, 0.2) is 0 Å². The first kappa shape index (κ1) is 32.4. The van der Waals surface area contributed by atoms with Crippen LogP contribution >= 0.6 is 0 Å². The third kappa shape index (κ3) is 7.90. The van der Waals surface area contributed by atoms with Gasteiger partial charge in [0, 0.05) is 0 Å². The highest BCUT2D eigenvalue weighted by Gasteiger charge is 2.29. The summed E-state index contributed by atoms with van der Waals surface area (Å²) >= 11 is 0. The lowest BCUT2D eigenvalue weighted by atomic mass is 10.2. The van der Waals surface area contributed by atoms with Crippen LogP contribution in [-0.2, 0) is 4.12 Å². The SMILES string of the molecule is CCOc1cc([SiH](O[SiH](c2ccc(C)c(OCC)c2)c2ccc(C)c(OCC)c2)c2ccc(C)c(OCC)c2)ccc1C. The van der Waals surface area contributed by atoms with Crippen LogP contribution in [0.3, 0.4) is 0 Å². The molecule has 0 saturated heterocycles. The monoisotopic (exact) mass is 614 g/mol. The van der Waals surface area contributed by atoms with Crippen molar-refractivity contribution in [1.82, 2.24) is 0 Å². The highest BCUT2D eigenvalue weighted by Crippen LogP contribution is 2.21. The summed E-state index contributed by atoms with van der Waals surface area (Å²) in [4.78, 5) is 0. The normalized spacial score (nSPS) is 11.2. The van der Waals surface area contributed by atoms with Crippen molar-refractivity contribution in [3.8, 4) is 23.0 Å². The molecule has 0 saturated carbocycles. The van der Waals surface area contributed by atoms with E-state index >= 15 is 0 Å². The van der Waals surface area contributed by atoms with E-state index in [1.165, 1.54) is 20.7 Å². The van der Waals surface area contributed by atoms with Crippen LogP contribution in [0.2, 0.25) is 0 Å². The van der Waals surface area contributed by atoms with Crippen LogP contribution < -0.4 is 39.7 Å². The van der Waals surface area contributed by atoms with Gasteiger partial charge in [0.1, 0.15) is 23.0 Å². The molecule has 43 heavy (non-hydrogen) atoms. The molecule has 0 aliphatic carbocycles. The Morgan fingerprint density at radius 3 is 0.837 bits per heavy atom. The maximum Gasteiger partial charge on any atom is 0.229 e. The number of rotatable bonds is 14. The van der Waals surface area contributed by atoms with E-state index < -0.39 is 18.1 Å². The van der Waals surface area contributed by atoms with Crippen molar-refractivity contribution in [1.29, 1.82) is 0 Å². The van der Waals surface area contributed by atoms with Gasteiger partial charge in [-0.05, 0) is 123 Å². The Morgan fingerprint density at radius 2 is 0.628 bits per heavy atom. The second-order valence-corrected chi connectivity index (χ2v) is 16.0. The van der Waals surface area contributed by atoms with E-state index in [0.717, 1.165) is 45.3 Å². The van der Waals surface area contributed by atoms with Gasteiger partial charge in [0.05, 0.1) is 26.4 Å². The number of hydrogen-bond acceptors (Lipinski definition) is 5. The molecule has 7 heteroatoms. The number of hydrogen-bond donors (Lipinski definition) is 0. The van der Waals surface area contributed by atoms with Crippen molar-refractivity contribution < 1.29 is 23.1 Å². The second-order valence-electron chi connectivity index (χ2n) is 10.7. The lowest BCUT2D eigenvalue weighted by molar-refractivity contribution is 0.338. The average Bonchev–Trinajstić information content (AvgIpc) is 2.99. The van der Waals surface area contributed by atoms with E-state index in [4.69, 9.17) is 23.1 Å². The molecule has 0 heterocycles. The standard InChI is InChI=1S/C36H46O5Si2/c1-9-37-33-21-29(17-13-25(33)5)42(30-18-14-26(6)34(22-30)38-10-2)41-43(31-19-15-27(7)35(23-31)39-11-3)32-20-16-28(8)36(24-32)40-12-4/h13-24,42-43H,9-12H2,1-8H3. The van der Waals surface area contributed by atoms with Crippen molar-refractivity contribution in [2.24, 2.45) is 0 Å². The molecule has 0 aromatic heterocycles. The Bertz CT molecular complexity index is 1300. The first-order valence-electron chi connectivity index (χ1n) is 15.4. The smallest absolute Gasteiger partial charge is 0.229 e. The predicted molar refractivity (Wildman–Crippen MR) is 183 cm³/mol. The van der Waals surface area contributed by atoms with Gasteiger partial charge >= 0.3 is 0 Å². The first-order valence-corrected chi connectivity index (χ1v) is 18.6. The van der Waals surface area contributed by atoms with Gasteiger partial charge in [0.2, 0.25) is 18.1 Å². The molecule has 0 bridgehead atoms. The van der Waals surface area contributed by atoms with E-state index in [9.17, 15) is 0 Å². The molecule has 0 atom stereocenters. The fourth-order valence-corrected chi connectivity index (χ4v) is 11.9. The molecule has 228 valence electrons. The second kappa shape index (κ2) is 15.3. The van der Waals surface area contributed by atoms with Gasteiger partial charge in [-0.25, -0.2) is 0 Å². The minimum absolute atomic E-state index is 0.612. The molecule has 0 N–H and O–H groups in total. The zero-order chi connectivity index (χ0) is 30.9. The summed E-state index contributed by atoms with van der Waals surface area (Å²) in [5, 5.41) is 4.69. The van der Waals surface area contributed by atoms with E-state index in [2.05, 4.69) is 100 Å². The number of benzene rings is 4. The lowest BCUT2D eigenvalue weighted by Crippen LogP contribution is -2.56. The van der Waals surface area contributed by atoms with Crippen LogP contribution in [0.5, 0.6) is 23.0 Å². The largest absolute Gasteiger partial charge is 0.494 e. The topological polar surface area (TPSA) is 46.2 Å².